The molecule has 1 rings (SSSR count). The highest BCUT2D eigenvalue weighted by Gasteiger charge is 2.17. The fraction of sp³-hybridized carbons (Fsp3) is 0.333. The average molecular weight is 210 g/mol. The molecule has 0 aliphatic carbocycles. The smallest absolute Gasteiger partial charge is 0.343 e. The van der Waals surface area contributed by atoms with Crippen LogP contribution in [0.15, 0.2) is 11.2 Å². The van der Waals surface area contributed by atoms with Gasteiger partial charge in [0, 0.05) is 0 Å². The first kappa shape index (κ1) is 11.1. The van der Waals surface area contributed by atoms with Crippen LogP contribution in [-0.4, -0.2) is 25.2 Å². The molecule has 0 bridgehead atoms. The van der Waals surface area contributed by atoms with E-state index in [-0.39, 0.29) is 17.1 Å². The number of aryl methyl sites for hydroxylation is 1. The van der Waals surface area contributed by atoms with Crippen molar-refractivity contribution in [3.63, 3.8) is 0 Å². The Balaban J connectivity index is 3.34. The Bertz CT molecular complexity index is 403. The van der Waals surface area contributed by atoms with Gasteiger partial charge in [0.1, 0.15) is 11.3 Å². The molecule has 1 aromatic rings. The van der Waals surface area contributed by atoms with E-state index in [4.69, 9.17) is 4.74 Å². The molecule has 0 saturated heterocycles. The Labute approximate surface area is 86.2 Å². The molecule has 6 nitrogen and oxygen atoms in total. The first-order valence-corrected chi connectivity index (χ1v) is 4.11. The Hall–Kier alpha value is -1.98. The summed E-state index contributed by atoms with van der Waals surface area (Å²) in [5.41, 5.74) is 0.575. The van der Waals surface area contributed by atoms with Crippen molar-refractivity contribution >= 4 is 11.7 Å². The van der Waals surface area contributed by atoms with Crippen LogP contribution < -0.4 is 4.74 Å². The number of hydrogen-bond acceptors (Lipinski definition) is 6. The number of hydrogen-bond donors (Lipinski definition) is 0. The Morgan fingerprint density at radius 2 is 2.13 bits per heavy atom. The third-order valence-corrected chi connectivity index (χ3v) is 1.85. The zero-order valence-electron chi connectivity index (χ0n) is 8.60. The number of carbonyl (C=O) groups is 1. The number of methoxy groups -OCH3 is 2. The summed E-state index contributed by atoms with van der Waals surface area (Å²) in [4.78, 5) is 25.6. The standard InChI is InChI=1S/C9H10N2O4/c1-5-7(11-13)4-6(9(12)15-3)8(10-5)14-2/h4H,1-3H3. The fourth-order valence-corrected chi connectivity index (χ4v) is 1.08. The number of carbonyl (C=O) groups excluding carboxylic acids is 1. The van der Waals surface area contributed by atoms with E-state index in [1.54, 1.807) is 6.92 Å². The number of pyridine rings is 1. The van der Waals surface area contributed by atoms with E-state index in [9.17, 15) is 9.70 Å². The van der Waals surface area contributed by atoms with Gasteiger partial charge < -0.3 is 9.47 Å². The minimum Gasteiger partial charge on any atom is -0.480 e. The van der Waals surface area contributed by atoms with Gasteiger partial charge in [-0.25, -0.2) is 9.78 Å². The summed E-state index contributed by atoms with van der Waals surface area (Å²) >= 11 is 0. The molecular weight excluding hydrogens is 200 g/mol. The first-order chi connectivity index (χ1) is 7.13. The van der Waals surface area contributed by atoms with E-state index in [1.165, 1.54) is 20.3 Å². The summed E-state index contributed by atoms with van der Waals surface area (Å²) in [7, 11) is 2.61. The third kappa shape index (κ3) is 2.09. The van der Waals surface area contributed by atoms with Crippen LogP contribution in [0.5, 0.6) is 5.88 Å². The van der Waals surface area contributed by atoms with Crippen molar-refractivity contribution in [1.82, 2.24) is 4.98 Å². The van der Waals surface area contributed by atoms with Gasteiger partial charge in [-0.15, -0.1) is 4.91 Å². The lowest BCUT2D eigenvalue weighted by Crippen LogP contribution is -2.06. The molecule has 6 heteroatoms. The quantitative estimate of drug-likeness (QED) is 0.559. The summed E-state index contributed by atoms with van der Waals surface area (Å²) in [6.45, 7) is 1.60. The molecular formula is C9H10N2O4. The number of aromatic nitrogens is 1. The van der Waals surface area contributed by atoms with E-state index in [0.29, 0.717) is 5.69 Å². The zero-order chi connectivity index (χ0) is 11.4. The predicted molar refractivity (Wildman–Crippen MR) is 52.3 cm³/mol. The van der Waals surface area contributed by atoms with Crippen LogP contribution in [0.3, 0.4) is 0 Å². The van der Waals surface area contributed by atoms with Crippen LogP contribution in [0, 0.1) is 11.8 Å². The van der Waals surface area contributed by atoms with Gasteiger partial charge >= 0.3 is 5.97 Å². The monoisotopic (exact) mass is 210 g/mol. The van der Waals surface area contributed by atoms with E-state index in [1.807, 2.05) is 0 Å². The lowest BCUT2D eigenvalue weighted by atomic mass is 10.2. The number of rotatable bonds is 3. The molecule has 0 N–H and O–H groups in total. The second-order valence-corrected chi connectivity index (χ2v) is 2.73. The molecule has 1 heterocycles. The van der Waals surface area contributed by atoms with Crippen LogP contribution in [0.2, 0.25) is 0 Å². The highest BCUT2D eigenvalue weighted by molar-refractivity contribution is 5.92. The van der Waals surface area contributed by atoms with E-state index in [2.05, 4.69) is 14.9 Å². The van der Waals surface area contributed by atoms with Crippen LogP contribution in [-0.2, 0) is 4.74 Å². The molecule has 0 aliphatic heterocycles. The van der Waals surface area contributed by atoms with Gasteiger partial charge in [0.15, 0.2) is 0 Å². The van der Waals surface area contributed by atoms with Gasteiger partial charge in [-0.1, -0.05) is 0 Å². The molecule has 0 saturated carbocycles. The Morgan fingerprint density at radius 1 is 1.47 bits per heavy atom. The van der Waals surface area contributed by atoms with Crippen molar-refractivity contribution in [2.45, 2.75) is 6.92 Å². The Morgan fingerprint density at radius 3 is 2.60 bits per heavy atom. The minimum atomic E-state index is -0.621. The van der Waals surface area contributed by atoms with Gasteiger partial charge in [0.2, 0.25) is 5.88 Å². The van der Waals surface area contributed by atoms with Crippen molar-refractivity contribution in [2.24, 2.45) is 5.18 Å². The van der Waals surface area contributed by atoms with Crippen LogP contribution in [0.4, 0.5) is 5.69 Å². The summed E-state index contributed by atoms with van der Waals surface area (Å²) in [6, 6.07) is 1.29. The maximum Gasteiger partial charge on any atom is 0.343 e. The fourth-order valence-electron chi connectivity index (χ4n) is 1.08. The Kier molecular flexibility index (Phi) is 3.33. The normalized spacial score (nSPS) is 9.53. The minimum absolute atomic E-state index is 0.0835. The second-order valence-electron chi connectivity index (χ2n) is 2.73. The number of nitrogens with zero attached hydrogens (tertiary/aromatic N) is 2. The maximum absolute atomic E-state index is 11.3. The molecule has 0 unspecified atom stereocenters. The average Bonchev–Trinajstić information content (AvgIpc) is 2.27. The van der Waals surface area contributed by atoms with Gasteiger partial charge in [-0.2, -0.15) is 0 Å². The number of esters is 1. The molecule has 0 atom stereocenters. The van der Waals surface area contributed by atoms with Crippen LogP contribution in [0.1, 0.15) is 16.1 Å². The number of ether oxygens (including phenoxy) is 2. The molecule has 0 amide bonds. The SMILES string of the molecule is COC(=O)c1cc(N=O)c(C)nc1OC. The van der Waals surface area contributed by atoms with Crippen molar-refractivity contribution in [1.29, 1.82) is 0 Å². The zero-order valence-corrected chi connectivity index (χ0v) is 8.60. The summed E-state index contributed by atoms with van der Waals surface area (Å²) in [5, 5.41) is 2.75. The van der Waals surface area contributed by atoms with Gasteiger partial charge in [0.25, 0.3) is 0 Å². The van der Waals surface area contributed by atoms with E-state index in [0.717, 1.165) is 0 Å². The van der Waals surface area contributed by atoms with Crippen molar-refractivity contribution < 1.29 is 14.3 Å². The van der Waals surface area contributed by atoms with Gasteiger partial charge in [-0.3, -0.25) is 0 Å². The molecule has 1 aromatic heterocycles. The largest absolute Gasteiger partial charge is 0.480 e. The third-order valence-electron chi connectivity index (χ3n) is 1.85. The lowest BCUT2D eigenvalue weighted by molar-refractivity contribution is 0.0596. The summed E-state index contributed by atoms with van der Waals surface area (Å²) < 4.78 is 9.41. The summed E-state index contributed by atoms with van der Waals surface area (Å²) in [6.07, 6.45) is 0. The van der Waals surface area contributed by atoms with Gasteiger partial charge in [0.05, 0.1) is 19.9 Å². The van der Waals surface area contributed by atoms with Crippen LogP contribution >= 0.6 is 0 Å². The van der Waals surface area contributed by atoms with Gasteiger partial charge in [-0.05, 0) is 18.2 Å². The molecule has 0 aromatic carbocycles. The van der Waals surface area contributed by atoms with E-state index >= 15 is 0 Å². The topological polar surface area (TPSA) is 77.9 Å². The van der Waals surface area contributed by atoms with Crippen molar-refractivity contribution in [2.75, 3.05) is 14.2 Å². The highest BCUT2D eigenvalue weighted by atomic mass is 16.5. The van der Waals surface area contributed by atoms with Crippen molar-refractivity contribution in [3.05, 3.63) is 22.2 Å². The first-order valence-electron chi connectivity index (χ1n) is 4.11. The van der Waals surface area contributed by atoms with Crippen LogP contribution in [0.25, 0.3) is 0 Å². The second kappa shape index (κ2) is 4.50. The molecule has 0 radical (unpaired) electrons. The number of nitroso groups, excluding NO2 is 1. The molecule has 0 fully saturated rings. The molecule has 15 heavy (non-hydrogen) atoms. The van der Waals surface area contributed by atoms with E-state index < -0.39 is 5.97 Å². The molecule has 0 spiro atoms. The maximum atomic E-state index is 11.3. The lowest BCUT2D eigenvalue weighted by Gasteiger charge is -2.07. The molecule has 80 valence electrons. The summed E-state index contributed by atoms with van der Waals surface area (Å²) in [5.74, 6) is -0.504. The molecule has 0 aliphatic rings. The van der Waals surface area contributed by atoms with Crippen molar-refractivity contribution in [3.8, 4) is 5.88 Å². The highest BCUT2D eigenvalue weighted by Crippen LogP contribution is 2.25. The predicted octanol–water partition coefficient (Wildman–Crippen LogP) is 1.58.